The van der Waals surface area contributed by atoms with E-state index in [0.29, 0.717) is 36.1 Å². The van der Waals surface area contributed by atoms with Crippen molar-refractivity contribution in [2.24, 2.45) is 10.9 Å². The van der Waals surface area contributed by atoms with Crippen molar-refractivity contribution in [3.05, 3.63) is 34.3 Å². The number of hydrogen-bond donors (Lipinski definition) is 4. The molecule has 0 saturated heterocycles. The van der Waals surface area contributed by atoms with Crippen LogP contribution in [0.2, 0.25) is 5.02 Å². The van der Waals surface area contributed by atoms with Crippen LogP contribution in [0.15, 0.2) is 23.4 Å². The smallest absolute Gasteiger partial charge is 0.221 e. The molecule has 21 heavy (non-hydrogen) atoms. The van der Waals surface area contributed by atoms with Crippen LogP contribution >= 0.6 is 11.6 Å². The maximum absolute atomic E-state index is 11.5. The maximum atomic E-state index is 11.5. The first kappa shape index (κ1) is 15.6. The Morgan fingerprint density at radius 1 is 1.48 bits per heavy atom. The quantitative estimate of drug-likeness (QED) is 0.200. The summed E-state index contributed by atoms with van der Waals surface area (Å²) in [6, 6.07) is 5.59. The summed E-state index contributed by atoms with van der Waals surface area (Å²) < 4.78 is 0. The summed E-state index contributed by atoms with van der Waals surface area (Å²) in [6.45, 7) is 1.16. The van der Waals surface area contributed by atoms with Crippen LogP contribution in [0.3, 0.4) is 0 Å². The average Bonchev–Trinajstić information content (AvgIpc) is 3.27. The molecule has 0 aliphatic heterocycles. The lowest BCUT2D eigenvalue weighted by atomic mass is 10.1. The van der Waals surface area contributed by atoms with Gasteiger partial charge in [-0.15, -0.1) is 0 Å². The van der Waals surface area contributed by atoms with Crippen LogP contribution in [-0.2, 0) is 11.3 Å². The van der Waals surface area contributed by atoms with Crippen molar-refractivity contribution in [1.29, 1.82) is 0 Å². The van der Waals surface area contributed by atoms with Crippen molar-refractivity contribution in [2.45, 2.75) is 31.8 Å². The average molecular weight is 311 g/mol. The third kappa shape index (κ3) is 4.91. The summed E-state index contributed by atoms with van der Waals surface area (Å²) in [5.41, 5.74) is 6.96. The van der Waals surface area contributed by atoms with Gasteiger partial charge >= 0.3 is 0 Å². The van der Waals surface area contributed by atoms with E-state index in [2.05, 4.69) is 15.8 Å². The molecule has 1 aromatic rings. The minimum Gasteiger partial charge on any atom is -0.409 e. The Kier molecular flexibility index (Phi) is 5.41. The normalized spacial score (nSPS) is 15.0. The third-order valence-corrected chi connectivity index (χ3v) is 3.60. The van der Waals surface area contributed by atoms with E-state index in [1.165, 1.54) is 0 Å². The largest absolute Gasteiger partial charge is 0.409 e. The number of nitrogens with one attached hydrogen (secondary N) is 2. The molecule has 0 radical (unpaired) electrons. The predicted molar refractivity (Wildman–Crippen MR) is 81.5 cm³/mol. The van der Waals surface area contributed by atoms with Gasteiger partial charge in [0, 0.05) is 36.1 Å². The molecule has 1 amide bonds. The van der Waals surface area contributed by atoms with Crippen LogP contribution in [0.1, 0.15) is 30.4 Å². The van der Waals surface area contributed by atoms with Gasteiger partial charge in [0.1, 0.15) is 0 Å². The van der Waals surface area contributed by atoms with Crippen molar-refractivity contribution in [3.63, 3.8) is 0 Å². The van der Waals surface area contributed by atoms with Gasteiger partial charge in [0.25, 0.3) is 0 Å². The second-order valence-corrected chi connectivity index (χ2v) is 5.47. The number of carbonyl (C=O) groups excluding carboxylic acids is 1. The van der Waals surface area contributed by atoms with Gasteiger partial charge in [0.2, 0.25) is 5.91 Å². The van der Waals surface area contributed by atoms with Crippen molar-refractivity contribution >= 4 is 23.3 Å². The molecule has 0 aromatic heterocycles. The first-order valence-electron chi connectivity index (χ1n) is 6.86. The molecule has 0 atom stereocenters. The van der Waals surface area contributed by atoms with E-state index >= 15 is 0 Å². The van der Waals surface area contributed by atoms with Crippen LogP contribution in [0.4, 0.5) is 0 Å². The number of carbonyl (C=O) groups is 1. The van der Waals surface area contributed by atoms with E-state index in [0.717, 1.165) is 18.4 Å². The van der Waals surface area contributed by atoms with Gasteiger partial charge in [0.05, 0.1) is 0 Å². The molecule has 6 nitrogen and oxygen atoms in total. The monoisotopic (exact) mass is 310 g/mol. The van der Waals surface area contributed by atoms with Crippen LogP contribution in [0.25, 0.3) is 0 Å². The number of oxime groups is 1. The van der Waals surface area contributed by atoms with Gasteiger partial charge in [-0.25, -0.2) is 0 Å². The highest BCUT2D eigenvalue weighted by molar-refractivity contribution is 6.31. The second kappa shape index (κ2) is 7.28. The lowest BCUT2D eigenvalue weighted by Gasteiger charge is -2.08. The third-order valence-electron chi connectivity index (χ3n) is 3.24. The number of benzene rings is 1. The van der Waals surface area contributed by atoms with Crippen molar-refractivity contribution in [1.82, 2.24) is 10.6 Å². The lowest BCUT2D eigenvalue weighted by molar-refractivity contribution is -0.121. The molecular weight excluding hydrogens is 292 g/mol. The van der Waals surface area contributed by atoms with E-state index in [1.807, 2.05) is 6.07 Å². The Balaban J connectivity index is 1.76. The van der Waals surface area contributed by atoms with E-state index in [1.54, 1.807) is 12.1 Å². The van der Waals surface area contributed by atoms with Gasteiger partial charge in [-0.2, -0.15) is 0 Å². The lowest BCUT2D eigenvalue weighted by Crippen LogP contribution is -2.29. The molecule has 5 N–H and O–H groups in total. The van der Waals surface area contributed by atoms with Crippen molar-refractivity contribution in [3.8, 4) is 0 Å². The standard InChI is InChI=1S/C14H19ClN4O2/c15-12-7-9(14(16)19-21)1-2-10(12)8-17-6-5-13(20)18-11-3-4-11/h1-2,7,11,17,21H,3-6,8H2,(H2,16,19)(H,18,20). The molecule has 1 saturated carbocycles. The molecule has 1 aliphatic rings. The van der Waals surface area contributed by atoms with Gasteiger partial charge in [-0.3, -0.25) is 4.79 Å². The zero-order chi connectivity index (χ0) is 15.2. The topological polar surface area (TPSA) is 99.7 Å². The fourth-order valence-electron chi connectivity index (χ4n) is 1.86. The molecule has 7 heteroatoms. The first-order valence-corrected chi connectivity index (χ1v) is 7.24. The minimum atomic E-state index is 0.0214. The molecule has 1 aliphatic carbocycles. The summed E-state index contributed by atoms with van der Waals surface area (Å²) in [4.78, 5) is 11.5. The highest BCUT2D eigenvalue weighted by atomic mass is 35.5. The van der Waals surface area contributed by atoms with Crippen LogP contribution in [0.5, 0.6) is 0 Å². The van der Waals surface area contributed by atoms with Crippen LogP contribution in [-0.4, -0.2) is 29.5 Å². The number of hydrogen-bond acceptors (Lipinski definition) is 4. The van der Waals surface area contributed by atoms with Crippen molar-refractivity contribution in [2.75, 3.05) is 6.54 Å². The van der Waals surface area contributed by atoms with E-state index in [-0.39, 0.29) is 11.7 Å². The summed E-state index contributed by atoms with van der Waals surface area (Å²) in [5.74, 6) is 0.103. The van der Waals surface area contributed by atoms with Gasteiger partial charge in [0.15, 0.2) is 5.84 Å². The van der Waals surface area contributed by atoms with E-state index in [4.69, 9.17) is 22.5 Å². The summed E-state index contributed by atoms with van der Waals surface area (Å²) in [6.07, 6.45) is 2.65. The molecule has 1 aromatic carbocycles. The Morgan fingerprint density at radius 3 is 2.86 bits per heavy atom. The van der Waals surface area contributed by atoms with Crippen LogP contribution < -0.4 is 16.4 Å². The molecule has 0 bridgehead atoms. The molecule has 1 fully saturated rings. The Bertz CT molecular complexity index is 544. The fourth-order valence-corrected chi connectivity index (χ4v) is 2.11. The highest BCUT2D eigenvalue weighted by Crippen LogP contribution is 2.19. The van der Waals surface area contributed by atoms with Gasteiger partial charge in [-0.05, 0) is 24.5 Å². The number of nitrogens with two attached hydrogens (primary N) is 1. The number of halogens is 1. The molecule has 0 unspecified atom stereocenters. The Hall–Kier alpha value is -1.79. The fraction of sp³-hybridized carbons (Fsp3) is 0.429. The molecule has 2 rings (SSSR count). The SMILES string of the molecule is N/C(=N/O)c1ccc(CNCCC(=O)NC2CC2)c(Cl)c1. The number of amides is 1. The summed E-state index contributed by atoms with van der Waals surface area (Å²) in [5, 5.41) is 18.2. The van der Waals surface area contributed by atoms with Gasteiger partial charge < -0.3 is 21.6 Å². The summed E-state index contributed by atoms with van der Waals surface area (Å²) in [7, 11) is 0. The number of rotatable bonds is 7. The maximum Gasteiger partial charge on any atom is 0.221 e. The number of nitrogens with zero attached hydrogens (tertiary/aromatic N) is 1. The molecule has 0 spiro atoms. The van der Waals surface area contributed by atoms with Crippen LogP contribution in [0, 0.1) is 0 Å². The molecular formula is C14H19ClN4O2. The first-order chi connectivity index (χ1) is 10.1. The zero-order valence-corrected chi connectivity index (χ0v) is 12.4. The Labute approximate surface area is 128 Å². The second-order valence-electron chi connectivity index (χ2n) is 5.06. The van der Waals surface area contributed by atoms with Crippen molar-refractivity contribution < 1.29 is 10.0 Å². The zero-order valence-electron chi connectivity index (χ0n) is 11.6. The minimum absolute atomic E-state index is 0.0214. The predicted octanol–water partition coefficient (Wildman–Crippen LogP) is 1.19. The van der Waals surface area contributed by atoms with E-state index < -0.39 is 0 Å². The molecule has 114 valence electrons. The Morgan fingerprint density at radius 2 is 2.24 bits per heavy atom. The molecule has 0 heterocycles. The highest BCUT2D eigenvalue weighted by Gasteiger charge is 2.22. The summed E-state index contributed by atoms with van der Waals surface area (Å²) >= 11 is 6.14. The van der Waals surface area contributed by atoms with Gasteiger partial charge in [-0.1, -0.05) is 28.9 Å². The van der Waals surface area contributed by atoms with E-state index in [9.17, 15) is 4.79 Å². The number of amidine groups is 1.